The number of nitrogens with two attached hydrogens (primary N) is 1. The third kappa shape index (κ3) is 10.6. The highest BCUT2D eigenvalue weighted by atomic mass is 19.1. The van der Waals surface area contributed by atoms with E-state index in [0.717, 1.165) is 32.5 Å². The number of ether oxygens (including phenoxy) is 1. The number of aliphatic imine (C=N–C) groups is 3. The van der Waals surface area contributed by atoms with Gasteiger partial charge in [0, 0.05) is 25.4 Å². The molecule has 1 aliphatic rings. The van der Waals surface area contributed by atoms with Gasteiger partial charge in [0.05, 0.1) is 5.69 Å². The van der Waals surface area contributed by atoms with E-state index in [2.05, 4.69) is 63.9 Å². The third-order valence-corrected chi connectivity index (χ3v) is 6.02. The molecule has 2 aromatic rings. The summed E-state index contributed by atoms with van der Waals surface area (Å²) in [6.45, 7) is 17.4. The molecule has 1 saturated heterocycles. The van der Waals surface area contributed by atoms with E-state index in [-0.39, 0.29) is 5.75 Å². The van der Waals surface area contributed by atoms with E-state index in [4.69, 9.17) is 10.5 Å². The number of hydrogen-bond acceptors (Lipinski definition) is 7. The van der Waals surface area contributed by atoms with Gasteiger partial charge in [0.15, 0.2) is 18.2 Å². The molecule has 3 rings (SSSR count). The van der Waals surface area contributed by atoms with Crippen LogP contribution in [0.25, 0.3) is 11.1 Å². The number of likely N-dealkylation sites (tertiary alicyclic amines) is 1. The third-order valence-electron chi connectivity index (χ3n) is 6.02. The van der Waals surface area contributed by atoms with Crippen LogP contribution in [-0.4, -0.2) is 70.1 Å². The molecule has 1 fully saturated rings. The molecule has 0 spiro atoms. The normalized spacial score (nSPS) is 13.9. The molecule has 0 bridgehead atoms. The Kier molecular flexibility index (Phi) is 13.6. The second-order valence-corrected chi connectivity index (χ2v) is 9.73. The zero-order chi connectivity index (χ0) is 29.5. The van der Waals surface area contributed by atoms with E-state index >= 15 is 0 Å². The number of primary amides is 1. The number of carbonyl (C=O) groups excluding carboxylic acids is 1. The lowest BCUT2D eigenvalue weighted by atomic mass is 9.95. The summed E-state index contributed by atoms with van der Waals surface area (Å²) in [4.78, 5) is 29.8. The van der Waals surface area contributed by atoms with E-state index in [1.165, 1.54) is 30.6 Å². The molecule has 1 amide bonds. The number of hydrogen-bond donors (Lipinski definition) is 1. The van der Waals surface area contributed by atoms with E-state index in [0.29, 0.717) is 47.4 Å². The average molecular weight is 557 g/mol. The van der Waals surface area contributed by atoms with Crippen LogP contribution in [0.5, 0.6) is 5.75 Å². The fourth-order valence-corrected chi connectivity index (χ4v) is 4.13. The zero-order valence-corrected chi connectivity index (χ0v) is 23.2. The molecule has 0 saturated carbocycles. The van der Waals surface area contributed by atoms with Crippen LogP contribution in [-0.2, 0) is 16.2 Å². The molecule has 0 aliphatic carbocycles. The quantitative estimate of drug-likeness (QED) is 0.211. The average Bonchev–Trinajstić information content (AvgIpc) is 2.92. The second kappa shape index (κ2) is 16.9. The van der Waals surface area contributed by atoms with Crippen molar-refractivity contribution in [2.75, 3.05) is 32.8 Å². The number of benzene rings is 2. The number of halogens is 2. The standard InChI is InChI=1S/C24H27F2N5O2.C5H11NO/c1-28-12-16-5-7-31(8-6-16)13-18-9-19(25)11-20(24(18)30-15-29-2)17-3-4-22(21(26)10-17)33-14-23(27)32;1-5(2)4-7-6-3/h3-4,9-11,15-16H,1-2,5-8,12-14H2,(H2,27,32);5H,3-4H2,1-2H3. The van der Waals surface area contributed by atoms with Crippen molar-refractivity contribution >= 4 is 38.1 Å². The van der Waals surface area contributed by atoms with E-state index in [9.17, 15) is 13.6 Å². The summed E-state index contributed by atoms with van der Waals surface area (Å²) in [7, 11) is 0. The SMILES string of the molecule is C=NC=Nc1c(CN2CCC(CN=C)CC2)cc(F)cc1-c1ccc(OCC(N)=O)c(F)c1.C=NOCC(C)C. The highest BCUT2D eigenvalue weighted by molar-refractivity contribution is 5.82. The van der Waals surface area contributed by atoms with Crippen LogP contribution in [0.3, 0.4) is 0 Å². The fraction of sp³-hybridized carbons (Fsp3) is 0.414. The van der Waals surface area contributed by atoms with Crippen LogP contribution >= 0.6 is 0 Å². The predicted molar refractivity (Wildman–Crippen MR) is 157 cm³/mol. The van der Waals surface area contributed by atoms with Crippen LogP contribution < -0.4 is 10.5 Å². The summed E-state index contributed by atoms with van der Waals surface area (Å²) in [5, 5.41) is 3.23. The first kappa shape index (κ1) is 32.2. The van der Waals surface area contributed by atoms with Crippen LogP contribution in [0.1, 0.15) is 32.3 Å². The van der Waals surface area contributed by atoms with Gasteiger partial charge in [0.2, 0.25) is 0 Å². The van der Waals surface area contributed by atoms with Crippen molar-refractivity contribution in [3.63, 3.8) is 0 Å². The molecule has 40 heavy (non-hydrogen) atoms. The molecule has 2 aromatic carbocycles. The first-order valence-electron chi connectivity index (χ1n) is 12.9. The first-order valence-corrected chi connectivity index (χ1v) is 12.9. The summed E-state index contributed by atoms with van der Waals surface area (Å²) in [6.07, 6.45) is 3.26. The first-order chi connectivity index (χ1) is 19.2. The number of piperidine rings is 1. The van der Waals surface area contributed by atoms with Crippen molar-refractivity contribution in [3.05, 3.63) is 47.5 Å². The van der Waals surface area contributed by atoms with Gasteiger partial charge in [-0.2, -0.15) is 0 Å². The van der Waals surface area contributed by atoms with Gasteiger partial charge in [0.25, 0.3) is 5.91 Å². The second-order valence-electron chi connectivity index (χ2n) is 9.73. The lowest BCUT2D eigenvalue weighted by Gasteiger charge is -2.31. The van der Waals surface area contributed by atoms with Gasteiger partial charge >= 0.3 is 0 Å². The summed E-state index contributed by atoms with van der Waals surface area (Å²) >= 11 is 0. The van der Waals surface area contributed by atoms with Gasteiger partial charge in [-0.15, -0.1) is 5.16 Å². The van der Waals surface area contributed by atoms with Gasteiger partial charge in [-0.1, -0.05) is 19.9 Å². The van der Waals surface area contributed by atoms with Crippen molar-refractivity contribution in [2.45, 2.75) is 33.2 Å². The lowest BCUT2D eigenvalue weighted by molar-refractivity contribution is -0.120. The maximum atomic E-state index is 14.6. The minimum atomic E-state index is -0.716. The summed E-state index contributed by atoms with van der Waals surface area (Å²) < 4.78 is 34.3. The monoisotopic (exact) mass is 556 g/mol. The largest absolute Gasteiger partial charge is 0.481 e. The van der Waals surface area contributed by atoms with Gasteiger partial charge in [-0.25, -0.2) is 13.8 Å². The topological polar surface area (TPSA) is 114 Å². The highest BCUT2D eigenvalue weighted by Crippen LogP contribution is 2.37. The maximum absolute atomic E-state index is 14.6. The van der Waals surface area contributed by atoms with Gasteiger partial charge < -0.3 is 20.3 Å². The number of amides is 1. The molecule has 1 heterocycles. The lowest BCUT2D eigenvalue weighted by Crippen LogP contribution is -2.34. The molecule has 0 unspecified atom stereocenters. The Morgan fingerprint density at radius 2 is 1.90 bits per heavy atom. The maximum Gasteiger partial charge on any atom is 0.255 e. The Bertz CT molecular complexity index is 1180. The van der Waals surface area contributed by atoms with Crippen molar-refractivity contribution in [3.8, 4) is 16.9 Å². The molecular formula is C29H38F2N6O3. The smallest absolute Gasteiger partial charge is 0.255 e. The van der Waals surface area contributed by atoms with E-state index in [1.807, 2.05) is 0 Å². The van der Waals surface area contributed by atoms with Gasteiger partial charge in [-0.3, -0.25) is 14.7 Å². The van der Waals surface area contributed by atoms with Gasteiger partial charge in [-0.05, 0) is 86.6 Å². The number of rotatable bonds is 13. The molecule has 0 atom stereocenters. The number of nitrogens with zero attached hydrogens (tertiary/aromatic N) is 5. The molecule has 0 radical (unpaired) electrons. The predicted octanol–water partition coefficient (Wildman–Crippen LogP) is 5.04. The highest BCUT2D eigenvalue weighted by Gasteiger charge is 2.21. The summed E-state index contributed by atoms with van der Waals surface area (Å²) in [5.74, 6) is -0.927. The van der Waals surface area contributed by atoms with Crippen molar-refractivity contribution in [2.24, 2.45) is 37.7 Å². The number of oxime groups is 1. The van der Waals surface area contributed by atoms with Crippen LogP contribution in [0, 0.1) is 23.5 Å². The fourth-order valence-electron chi connectivity index (χ4n) is 4.13. The minimum Gasteiger partial charge on any atom is -0.481 e. The van der Waals surface area contributed by atoms with E-state index < -0.39 is 24.1 Å². The molecule has 2 N–H and O–H groups in total. The van der Waals surface area contributed by atoms with Crippen molar-refractivity contribution in [1.29, 1.82) is 0 Å². The Balaban J connectivity index is 0.000000708. The molecule has 11 heteroatoms. The number of carbonyl (C=O) groups is 1. The zero-order valence-electron chi connectivity index (χ0n) is 23.2. The molecule has 9 nitrogen and oxygen atoms in total. The van der Waals surface area contributed by atoms with Crippen molar-refractivity contribution < 1.29 is 23.1 Å². The summed E-state index contributed by atoms with van der Waals surface area (Å²) in [6, 6.07) is 6.91. The molecule has 0 aromatic heterocycles. The molecule has 216 valence electrons. The van der Waals surface area contributed by atoms with Crippen LogP contribution in [0.2, 0.25) is 0 Å². The Morgan fingerprint density at radius 1 is 1.18 bits per heavy atom. The van der Waals surface area contributed by atoms with Crippen LogP contribution in [0.4, 0.5) is 14.5 Å². The van der Waals surface area contributed by atoms with E-state index in [1.54, 1.807) is 6.07 Å². The molecule has 1 aliphatic heterocycles. The Morgan fingerprint density at radius 3 is 2.45 bits per heavy atom. The Hall–Kier alpha value is -3.99. The van der Waals surface area contributed by atoms with Crippen LogP contribution in [0.15, 0.2) is 50.5 Å². The van der Waals surface area contributed by atoms with Gasteiger partial charge in [0.1, 0.15) is 18.8 Å². The Labute approximate surface area is 234 Å². The molecular weight excluding hydrogens is 518 g/mol. The minimum absolute atomic E-state index is 0.121. The summed E-state index contributed by atoms with van der Waals surface area (Å²) in [5.41, 5.74) is 7.02. The van der Waals surface area contributed by atoms with Crippen molar-refractivity contribution in [1.82, 2.24) is 4.90 Å².